The van der Waals surface area contributed by atoms with Crippen LogP contribution in [0, 0.1) is 0 Å². The Hall–Kier alpha value is -0.800. The number of nitrogens with zero attached hydrogens (tertiary/aromatic N) is 1. The SMILES string of the molecule is CCCN(Cc1ccc(CC)o1)CC1CCCCN1. The minimum atomic E-state index is 0.668. The van der Waals surface area contributed by atoms with Gasteiger partial charge in [0.15, 0.2) is 0 Å². The molecule has 1 aromatic rings. The van der Waals surface area contributed by atoms with Gasteiger partial charge in [-0.15, -0.1) is 0 Å². The molecule has 3 heteroatoms. The maximum atomic E-state index is 5.84. The predicted molar refractivity (Wildman–Crippen MR) is 79.3 cm³/mol. The van der Waals surface area contributed by atoms with Crippen LogP contribution in [-0.2, 0) is 13.0 Å². The van der Waals surface area contributed by atoms with Gasteiger partial charge in [-0.3, -0.25) is 4.90 Å². The molecule has 1 fully saturated rings. The first-order valence-corrected chi connectivity index (χ1v) is 7.85. The highest BCUT2D eigenvalue weighted by atomic mass is 16.3. The topological polar surface area (TPSA) is 28.4 Å². The Morgan fingerprint density at radius 3 is 2.74 bits per heavy atom. The largest absolute Gasteiger partial charge is 0.465 e. The van der Waals surface area contributed by atoms with E-state index in [1.54, 1.807) is 0 Å². The lowest BCUT2D eigenvalue weighted by atomic mass is 10.0. The van der Waals surface area contributed by atoms with Gasteiger partial charge in [0.2, 0.25) is 0 Å². The lowest BCUT2D eigenvalue weighted by molar-refractivity contribution is 0.202. The molecule has 3 nitrogen and oxygen atoms in total. The zero-order valence-electron chi connectivity index (χ0n) is 12.5. The second-order valence-corrected chi connectivity index (χ2v) is 5.60. The lowest BCUT2D eigenvalue weighted by Gasteiger charge is -2.30. The maximum Gasteiger partial charge on any atom is 0.118 e. The summed E-state index contributed by atoms with van der Waals surface area (Å²) in [5.41, 5.74) is 0. The van der Waals surface area contributed by atoms with Crippen LogP contribution in [0.25, 0.3) is 0 Å². The van der Waals surface area contributed by atoms with E-state index in [-0.39, 0.29) is 0 Å². The maximum absolute atomic E-state index is 5.84. The molecule has 2 heterocycles. The molecule has 1 saturated heterocycles. The van der Waals surface area contributed by atoms with E-state index in [0.29, 0.717) is 6.04 Å². The molecular weight excluding hydrogens is 236 g/mol. The van der Waals surface area contributed by atoms with E-state index in [1.807, 2.05) is 0 Å². The van der Waals surface area contributed by atoms with Crippen molar-refractivity contribution in [2.75, 3.05) is 19.6 Å². The Morgan fingerprint density at radius 1 is 1.26 bits per heavy atom. The fourth-order valence-electron chi connectivity index (χ4n) is 2.86. The van der Waals surface area contributed by atoms with Crippen molar-refractivity contribution in [2.45, 2.75) is 58.5 Å². The molecular formula is C16H28N2O. The smallest absolute Gasteiger partial charge is 0.118 e. The summed E-state index contributed by atoms with van der Waals surface area (Å²) in [4.78, 5) is 2.53. The Kier molecular flexibility index (Phi) is 5.93. The molecule has 108 valence electrons. The number of hydrogen-bond acceptors (Lipinski definition) is 3. The molecule has 0 radical (unpaired) electrons. The third-order valence-corrected chi connectivity index (χ3v) is 3.88. The van der Waals surface area contributed by atoms with Crippen LogP contribution in [0.1, 0.15) is 51.1 Å². The van der Waals surface area contributed by atoms with Crippen molar-refractivity contribution >= 4 is 0 Å². The summed E-state index contributed by atoms with van der Waals surface area (Å²) in [6.45, 7) is 8.83. The van der Waals surface area contributed by atoms with Crippen molar-refractivity contribution in [1.29, 1.82) is 0 Å². The highest BCUT2D eigenvalue weighted by Crippen LogP contribution is 2.14. The lowest BCUT2D eigenvalue weighted by Crippen LogP contribution is -2.43. The van der Waals surface area contributed by atoms with E-state index in [9.17, 15) is 0 Å². The Morgan fingerprint density at radius 2 is 2.11 bits per heavy atom. The van der Waals surface area contributed by atoms with Gasteiger partial charge in [-0.05, 0) is 44.5 Å². The average molecular weight is 264 g/mol. The van der Waals surface area contributed by atoms with E-state index >= 15 is 0 Å². The number of hydrogen-bond donors (Lipinski definition) is 1. The highest BCUT2D eigenvalue weighted by molar-refractivity contribution is 5.07. The second-order valence-electron chi connectivity index (χ2n) is 5.60. The van der Waals surface area contributed by atoms with Gasteiger partial charge in [0, 0.05) is 19.0 Å². The van der Waals surface area contributed by atoms with E-state index in [2.05, 4.69) is 36.2 Å². The summed E-state index contributed by atoms with van der Waals surface area (Å²) in [5, 5.41) is 3.64. The van der Waals surface area contributed by atoms with Gasteiger partial charge in [-0.2, -0.15) is 0 Å². The fraction of sp³-hybridized carbons (Fsp3) is 0.750. The van der Waals surface area contributed by atoms with Gasteiger partial charge in [0.25, 0.3) is 0 Å². The summed E-state index contributed by atoms with van der Waals surface area (Å²) in [6, 6.07) is 4.91. The normalized spacial score (nSPS) is 20.1. The van der Waals surface area contributed by atoms with Crippen LogP contribution < -0.4 is 5.32 Å². The van der Waals surface area contributed by atoms with Gasteiger partial charge in [0.1, 0.15) is 11.5 Å². The van der Waals surface area contributed by atoms with Crippen molar-refractivity contribution in [3.63, 3.8) is 0 Å². The fourth-order valence-corrected chi connectivity index (χ4v) is 2.86. The number of furan rings is 1. The average Bonchev–Trinajstić information content (AvgIpc) is 2.88. The van der Waals surface area contributed by atoms with Crippen molar-refractivity contribution < 1.29 is 4.42 Å². The monoisotopic (exact) mass is 264 g/mol. The van der Waals surface area contributed by atoms with Gasteiger partial charge in [-0.25, -0.2) is 0 Å². The first-order valence-electron chi connectivity index (χ1n) is 7.85. The van der Waals surface area contributed by atoms with Crippen LogP contribution in [0.2, 0.25) is 0 Å². The molecule has 1 aliphatic rings. The Labute approximate surface area is 117 Å². The van der Waals surface area contributed by atoms with Crippen LogP contribution in [-0.4, -0.2) is 30.6 Å². The minimum Gasteiger partial charge on any atom is -0.465 e. The standard InChI is InChI=1S/C16H28N2O/c1-3-11-18(12-14-7-5-6-10-17-14)13-16-9-8-15(4-2)19-16/h8-9,14,17H,3-7,10-13H2,1-2H3. The predicted octanol–water partition coefficient (Wildman–Crippen LogP) is 3.20. The van der Waals surface area contributed by atoms with Gasteiger partial charge in [0.05, 0.1) is 6.54 Å². The molecule has 2 rings (SSSR count). The first kappa shape index (κ1) is 14.6. The number of nitrogens with one attached hydrogen (secondary N) is 1. The molecule has 0 saturated carbocycles. The summed E-state index contributed by atoms with van der Waals surface area (Å²) >= 11 is 0. The number of piperidine rings is 1. The Balaban J connectivity index is 1.87. The highest BCUT2D eigenvalue weighted by Gasteiger charge is 2.17. The third-order valence-electron chi connectivity index (χ3n) is 3.88. The minimum absolute atomic E-state index is 0.668. The van der Waals surface area contributed by atoms with Crippen LogP contribution in [0.5, 0.6) is 0 Å². The van der Waals surface area contributed by atoms with E-state index in [0.717, 1.165) is 37.6 Å². The van der Waals surface area contributed by atoms with Crippen molar-refractivity contribution in [2.24, 2.45) is 0 Å². The molecule has 0 spiro atoms. The first-order chi connectivity index (χ1) is 9.31. The number of aryl methyl sites for hydroxylation is 1. The zero-order chi connectivity index (χ0) is 13.5. The van der Waals surface area contributed by atoms with Crippen LogP contribution in [0.3, 0.4) is 0 Å². The van der Waals surface area contributed by atoms with Gasteiger partial charge < -0.3 is 9.73 Å². The van der Waals surface area contributed by atoms with Crippen LogP contribution >= 0.6 is 0 Å². The van der Waals surface area contributed by atoms with Crippen LogP contribution in [0.4, 0.5) is 0 Å². The molecule has 0 amide bonds. The quantitative estimate of drug-likeness (QED) is 0.820. The molecule has 1 N–H and O–H groups in total. The van der Waals surface area contributed by atoms with Gasteiger partial charge >= 0.3 is 0 Å². The summed E-state index contributed by atoms with van der Waals surface area (Å²) in [5.74, 6) is 2.21. The molecule has 1 aromatic heterocycles. The van der Waals surface area contributed by atoms with E-state index in [4.69, 9.17) is 4.42 Å². The molecule has 0 aliphatic carbocycles. The number of rotatable bonds is 7. The van der Waals surface area contributed by atoms with Crippen molar-refractivity contribution in [1.82, 2.24) is 10.2 Å². The second kappa shape index (κ2) is 7.71. The summed E-state index contributed by atoms with van der Waals surface area (Å²) < 4.78 is 5.84. The summed E-state index contributed by atoms with van der Waals surface area (Å²) in [6.07, 6.45) is 6.21. The van der Waals surface area contributed by atoms with E-state index < -0.39 is 0 Å². The third kappa shape index (κ3) is 4.66. The summed E-state index contributed by atoms with van der Waals surface area (Å²) in [7, 11) is 0. The molecule has 1 atom stereocenters. The van der Waals surface area contributed by atoms with Gasteiger partial charge in [-0.1, -0.05) is 20.3 Å². The molecule has 19 heavy (non-hydrogen) atoms. The van der Waals surface area contributed by atoms with Crippen molar-refractivity contribution in [3.05, 3.63) is 23.7 Å². The molecule has 1 aliphatic heterocycles. The van der Waals surface area contributed by atoms with E-state index in [1.165, 1.54) is 32.2 Å². The molecule has 0 bridgehead atoms. The molecule has 1 unspecified atom stereocenters. The Bertz CT molecular complexity index is 355. The zero-order valence-corrected chi connectivity index (χ0v) is 12.5. The molecule has 0 aromatic carbocycles. The van der Waals surface area contributed by atoms with Crippen LogP contribution in [0.15, 0.2) is 16.5 Å². The van der Waals surface area contributed by atoms with Crippen molar-refractivity contribution in [3.8, 4) is 0 Å².